The third kappa shape index (κ3) is 13.1. The van der Waals surface area contributed by atoms with E-state index in [9.17, 15) is 8.42 Å². The SMILES string of the molecule is CN=C(NCCOCCC(C)C)NCc1ccccc1CS(=O)(=O)NC(C)C.I. The topological polar surface area (TPSA) is 91.8 Å². The Hall–Kier alpha value is -0.910. The number of sulfonamides is 1. The number of nitrogens with one attached hydrogen (secondary N) is 3. The van der Waals surface area contributed by atoms with Gasteiger partial charge in [0.2, 0.25) is 10.0 Å². The predicted octanol–water partition coefficient (Wildman–Crippen LogP) is 2.86. The van der Waals surface area contributed by atoms with E-state index in [1.807, 2.05) is 38.1 Å². The number of hydrogen-bond acceptors (Lipinski definition) is 4. The van der Waals surface area contributed by atoms with Crippen LogP contribution in [0, 0.1) is 5.92 Å². The summed E-state index contributed by atoms with van der Waals surface area (Å²) in [6, 6.07) is 7.40. The van der Waals surface area contributed by atoms with E-state index in [0.717, 1.165) is 24.2 Å². The summed E-state index contributed by atoms with van der Waals surface area (Å²) < 4.78 is 32.7. The van der Waals surface area contributed by atoms with Crippen LogP contribution in [0.3, 0.4) is 0 Å². The van der Waals surface area contributed by atoms with Crippen LogP contribution in [0.1, 0.15) is 45.2 Å². The van der Waals surface area contributed by atoms with Crippen molar-refractivity contribution >= 4 is 40.0 Å². The fourth-order valence-corrected chi connectivity index (χ4v) is 4.03. The molecule has 0 amide bonds. The molecule has 7 nitrogen and oxygen atoms in total. The van der Waals surface area contributed by atoms with Crippen molar-refractivity contribution < 1.29 is 13.2 Å². The van der Waals surface area contributed by atoms with Gasteiger partial charge in [0, 0.05) is 32.8 Å². The molecular weight excluding hydrogens is 503 g/mol. The van der Waals surface area contributed by atoms with Crippen molar-refractivity contribution in [3.8, 4) is 0 Å². The molecule has 168 valence electrons. The van der Waals surface area contributed by atoms with Crippen LogP contribution in [-0.2, 0) is 27.1 Å². The molecule has 0 bridgehead atoms. The Balaban J connectivity index is 0.00000784. The number of benzene rings is 1. The molecule has 0 heterocycles. The molecule has 0 aliphatic heterocycles. The highest BCUT2D eigenvalue weighted by Gasteiger charge is 2.15. The quantitative estimate of drug-likeness (QED) is 0.164. The second-order valence-corrected chi connectivity index (χ2v) is 9.20. The van der Waals surface area contributed by atoms with Crippen LogP contribution >= 0.6 is 24.0 Å². The van der Waals surface area contributed by atoms with Crippen molar-refractivity contribution in [3.05, 3.63) is 35.4 Å². The highest BCUT2D eigenvalue weighted by atomic mass is 127. The van der Waals surface area contributed by atoms with E-state index in [1.54, 1.807) is 7.05 Å². The fourth-order valence-electron chi connectivity index (χ4n) is 2.54. The van der Waals surface area contributed by atoms with Gasteiger partial charge in [0.1, 0.15) is 0 Å². The molecule has 0 aliphatic carbocycles. The third-order valence-electron chi connectivity index (χ3n) is 3.93. The van der Waals surface area contributed by atoms with Gasteiger partial charge in [-0.05, 0) is 37.3 Å². The van der Waals surface area contributed by atoms with Gasteiger partial charge >= 0.3 is 0 Å². The number of nitrogens with zero attached hydrogens (tertiary/aromatic N) is 1. The summed E-state index contributed by atoms with van der Waals surface area (Å²) in [5, 5.41) is 6.43. The van der Waals surface area contributed by atoms with Crippen LogP contribution < -0.4 is 15.4 Å². The van der Waals surface area contributed by atoms with Gasteiger partial charge in [-0.2, -0.15) is 0 Å². The van der Waals surface area contributed by atoms with Gasteiger partial charge in [0.25, 0.3) is 0 Å². The summed E-state index contributed by atoms with van der Waals surface area (Å²) in [6.45, 7) is 10.5. The lowest BCUT2D eigenvalue weighted by atomic mass is 10.1. The molecule has 0 fully saturated rings. The van der Waals surface area contributed by atoms with Gasteiger partial charge in [-0.3, -0.25) is 4.99 Å². The van der Waals surface area contributed by atoms with Crippen LogP contribution in [0.15, 0.2) is 29.3 Å². The van der Waals surface area contributed by atoms with Gasteiger partial charge in [-0.1, -0.05) is 38.1 Å². The standard InChI is InChI=1S/C20H36N4O3S.HI/c1-16(2)10-12-27-13-11-22-20(21-5)23-14-18-8-6-7-9-19(18)15-28(25,26)24-17(3)4;/h6-9,16-17,24H,10-15H2,1-5H3,(H2,21,22,23);1H. The zero-order valence-corrected chi connectivity index (χ0v) is 21.3. The predicted molar refractivity (Wildman–Crippen MR) is 131 cm³/mol. The molecule has 0 atom stereocenters. The van der Waals surface area contributed by atoms with Crippen molar-refractivity contribution in [1.29, 1.82) is 0 Å². The number of halogens is 1. The molecule has 3 N–H and O–H groups in total. The minimum Gasteiger partial charge on any atom is -0.380 e. The van der Waals surface area contributed by atoms with E-state index < -0.39 is 10.0 Å². The lowest BCUT2D eigenvalue weighted by Crippen LogP contribution is -2.38. The monoisotopic (exact) mass is 540 g/mol. The second kappa shape index (κ2) is 15.0. The molecule has 1 rings (SSSR count). The van der Waals surface area contributed by atoms with E-state index in [-0.39, 0.29) is 35.8 Å². The first-order chi connectivity index (χ1) is 13.2. The van der Waals surface area contributed by atoms with Crippen LogP contribution in [0.25, 0.3) is 0 Å². The van der Waals surface area contributed by atoms with E-state index in [2.05, 4.69) is 34.2 Å². The smallest absolute Gasteiger partial charge is 0.216 e. The van der Waals surface area contributed by atoms with E-state index in [1.165, 1.54) is 0 Å². The summed E-state index contributed by atoms with van der Waals surface area (Å²) in [5.74, 6) is 1.26. The number of hydrogen-bond donors (Lipinski definition) is 3. The largest absolute Gasteiger partial charge is 0.380 e. The normalized spacial score (nSPS) is 12.2. The first-order valence-electron chi connectivity index (χ1n) is 9.82. The highest BCUT2D eigenvalue weighted by Crippen LogP contribution is 2.12. The molecule has 1 aromatic rings. The van der Waals surface area contributed by atoms with E-state index in [0.29, 0.717) is 31.6 Å². The molecule has 0 saturated carbocycles. The van der Waals surface area contributed by atoms with Gasteiger partial charge in [0.15, 0.2) is 5.96 Å². The molecule has 0 saturated heterocycles. The molecule has 1 aromatic carbocycles. The molecule has 0 radical (unpaired) electrons. The average molecular weight is 541 g/mol. The number of aliphatic imine (C=N–C) groups is 1. The summed E-state index contributed by atoms with van der Waals surface area (Å²) in [5.41, 5.74) is 1.70. The zero-order valence-electron chi connectivity index (χ0n) is 18.2. The van der Waals surface area contributed by atoms with E-state index in [4.69, 9.17) is 4.74 Å². The Labute approximate surface area is 193 Å². The number of ether oxygens (including phenoxy) is 1. The second-order valence-electron chi connectivity index (χ2n) is 7.45. The average Bonchev–Trinajstić information content (AvgIpc) is 2.60. The maximum Gasteiger partial charge on any atom is 0.216 e. The molecule has 9 heteroatoms. The Morgan fingerprint density at radius 1 is 1.07 bits per heavy atom. The maximum atomic E-state index is 12.2. The molecule has 29 heavy (non-hydrogen) atoms. The van der Waals surface area contributed by atoms with Gasteiger partial charge in [-0.15, -0.1) is 24.0 Å². The van der Waals surface area contributed by atoms with Crippen molar-refractivity contribution in [3.63, 3.8) is 0 Å². The first-order valence-corrected chi connectivity index (χ1v) is 11.5. The molecule has 0 unspecified atom stereocenters. The third-order valence-corrected chi connectivity index (χ3v) is 5.45. The number of rotatable bonds is 12. The fraction of sp³-hybridized carbons (Fsp3) is 0.650. The minimum absolute atomic E-state index is 0. The lowest BCUT2D eigenvalue weighted by Gasteiger charge is -2.15. The molecule has 0 aliphatic rings. The molecular formula is C20H37IN4O3S. The Kier molecular flexibility index (Phi) is 14.5. The van der Waals surface area contributed by atoms with Crippen molar-refractivity contribution in [2.45, 2.75) is 52.5 Å². The lowest BCUT2D eigenvalue weighted by molar-refractivity contribution is 0.128. The minimum atomic E-state index is -3.37. The summed E-state index contributed by atoms with van der Waals surface area (Å²) in [7, 11) is -1.66. The zero-order chi connectivity index (χ0) is 21.0. The number of guanidine groups is 1. The highest BCUT2D eigenvalue weighted by molar-refractivity contribution is 14.0. The Morgan fingerprint density at radius 2 is 1.72 bits per heavy atom. The van der Waals surface area contributed by atoms with Gasteiger partial charge in [-0.25, -0.2) is 13.1 Å². The summed E-state index contributed by atoms with van der Waals surface area (Å²) in [6.07, 6.45) is 1.05. The summed E-state index contributed by atoms with van der Waals surface area (Å²) in [4.78, 5) is 4.20. The van der Waals surface area contributed by atoms with Gasteiger partial charge in [0.05, 0.1) is 12.4 Å². The Morgan fingerprint density at radius 3 is 2.31 bits per heavy atom. The van der Waals surface area contributed by atoms with Crippen LogP contribution in [0.2, 0.25) is 0 Å². The van der Waals surface area contributed by atoms with Crippen molar-refractivity contribution in [2.24, 2.45) is 10.9 Å². The Bertz CT molecular complexity index is 709. The van der Waals surface area contributed by atoms with Crippen LogP contribution in [0.5, 0.6) is 0 Å². The van der Waals surface area contributed by atoms with Crippen molar-refractivity contribution in [2.75, 3.05) is 26.8 Å². The van der Waals surface area contributed by atoms with Crippen molar-refractivity contribution in [1.82, 2.24) is 15.4 Å². The molecule has 0 aromatic heterocycles. The first kappa shape index (κ1) is 28.1. The van der Waals surface area contributed by atoms with Crippen LogP contribution in [-0.4, -0.2) is 47.2 Å². The van der Waals surface area contributed by atoms with E-state index >= 15 is 0 Å². The maximum absolute atomic E-state index is 12.2. The van der Waals surface area contributed by atoms with Crippen LogP contribution in [0.4, 0.5) is 0 Å². The van der Waals surface area contributed by atoms with Gasteiger partial charge < -0.3 is 15.4 Å². The summed E-state index contributed by atoms with van der Waals surface area (Å²) >= 11 is 0. The molecule has 0 spiro atoms.